The van der Waals surface area contributed by atoms with Crippen molar-refractivity contribution in [3.05, 3.63) is 36.2 Å². The monoisotopic (exact) mass is 287 g/mol. The Kier molecular flexibility index (Phi) is 4.97. The first kappa shape index (κ1) is 14.6. The van der Waals surface area contributed by atoms with Crippen molar-refractivity contribution in [2.24, 2.45) is 0 Å². The second kappa shape index (κ2) is 7.13. The van der Waals surface area contributed by atoms with Gasteiger partial charge in [-0.25, -0.2) is 9.97 Å². The van der Waals surface area contributed by atoms with Gasteiger partial charge < -0.3 is 15.6 Å². The zero-order valence-corrected chi connectivity index (χ0v) is 11.7. The summed E-state index contributed by atoms with van der Waals surface area (Å²) in [4.78, 5) is 19.3. The van der Waals surface area contributed by atoms with Gasteiger partial charge in [0.1, 0.15) is 12.2 Å². The first-order valence-electron chi connectivity index (χ1n) is 6.59. The molecule has 110 valence electrons. The van der Waals surface area contributed by atoms with E-state index in [-0.39, 0.29) is 11.9 Å². The molecule has 0 spiro atoms. The number of nitrogens with one attached hydrogen (secondary N) is 1. The average molecular weight is 287 g/mol. The Labute approximate surface area is 122 Å². The van der Waals surface area contributed by atoms with Crippen LogP contribution in [0.5, 0.6) is 0 Å². The van der Waals surface area contributed by atoms with Crippen LogP contribution >= 0.6 is 0 Å². The van der Waals surface area contributed by atoms with Crippen molar-refractivity contribution in [2.75, 3.05) is 12.3 Å². The van der Waals surface area contributed by atoms with E-state index in [4.69, 9.17) is 5.73 Å². The molecule has 0 atom stereocenters. The molecule has 0 aromatic carbocycles. The van der Waals surface area contributed by atoms with Crippen LogP contribution in [0, 0.1) is 0 Å². The van der Waals surface area contributed by atoms with Crippen LogP contribution in [0.1, 0.15) is 18.3 Å². The Hall–Kier alpha value is -2.77. The van der Waals surface area contributed by atoms with Crippen LogP contribution in [0.25, 0.3) is 6.08 Å². The Morgan fingerprint density at radius 2 is 2.19 bits per heavy atom. The second-order valence-corrected chi connectivity index (χ2v) is 4.28. The molecule has 3 N–H and O–H groups in total. The van der Waals surface area contributed by atoms with Gasteiger partial charge in [-0.2, -0.15) is 0 Å². The van der Waals surface area contributed by atoms with E-state index >= 15 is 0 Å². The van der Waals surface area contributed by atoms with Crippen molar-refractivity contribution in [3.63, 3.8) is 0 Å². The van der Waals surface area contributed by atoms with Crippen molar-refractivity contribution >= 4 is 17.9 Å². The molecule has 0 unspecified atom stereocenters. The van der Waals surface area contributed by atoms with Gasteiger partial charge in [0.05, 0.1) is 0 Å². The fourth-order valence-corrected chi connectivity index (χ4v) is 1.70. The number of nitrogens with two attached hydrogens (primary N) is 1. The molecule has 2 heterocycles. The standard InChI is InChI=1S/C13H17N7O/c1-2-20-9-18-19-11(20)5-6-15-12(21)4-3-10-7-16-13(14)17-8-10/h3-4,7-9H,2,5-6H2,1H3,(H,15,21)(H2,14,16,17)/b4-3+. The molecule has 8 heteroatoms. The largest absolute Gasteiger partial charge is 0.368 e. The van der Waals surface area contributed by atoms with Gasteiger partial charge in [-0.1, -0.05) is 0 Å². The minimum absolute atomic E-state index is 0.186. The van der Waals surface area contributed by atoms with E-state index in [1.165, 1.54) is 6.08 Å². The number of aryl methyl sites for hydroxylation is 1. The molecular formula is C13H17N7O. The van der Waals surface area contributed by atoms with Crippen LogP contribution in [0.15, 0.2) is 24.8 Å². The smallest absolute Gasteiger partial charge is 0.244 e. The summed E-state index contributed by atoms with van der Waals surface area (Å²) in [6.07, 6.45) is 8.48. The van der Waals surface area contributed by atoms with Crippen molar-refractivity contribution in [3.8, 4) is 0 Å². The molecule has 1 amide bonds. The van der Waals surface area contributed by atoms with Gasteiger partial charge in [0.15, 0.2) is 0 Å². The SMILES string of the molecule is CCn1cnnc1CCNC(=O)/C=C/c1cnc(N)nc1. The number of hydrogen-bond acceptors (Lipinski definition) is 6. The molecule has 2 aromatic heterocycles. The Morgan fingerprint density at radius 3 is 2.90 bits per heavy atom. The number of anilines is 1. The third-order valence-electron chi connectivity index (χ3n) is 2.80. The van der Waals surface area contributed by atoms with Crippen LogP contribution < -0.4 is 11.1 Å². The van der Waals surface area contributed by atoms with Gasteiger partial charge in [0.25, 0.3) is 0 Å². The third kappa shape index (κ3) is 4.37. The third-order valence-corrected chi connectivity index (χ3v) is 2.80. The van der Waals surface area contributed by atoms with E-state index in [0.29, 0.717) is 18.5 Å². The number of aromatic nitrogens is 5. The van der Waals surface area contributed by atoms with E-state index in [9.17, 15) is 4.79 Å². The highest BCUT2D eigenvalue weighted by molar-refractivity contribution is 5.91. The summed E-state index contributed by atoms with van der Waals surface area (Å²) in [6.45, 7) is 3.33. The minimum Gasteiger partial charge on any atom is -0.368 e. The van der Waals surface area contributed by atoms with Gasteiger partial charge in [0.2, 0.25) is 11.9 Å². The Bertz CT molecular complexity index is 618. The molecule has 0 aliphatic rings. The molecule has 2 rings (SSSR count). The van der Waals surface area contributed by atoms with Gasteiger partial charge in [-0.15, -0.1) is 10.2 Å². The first-order valence-corrected chi connectivity index (χ1v) is 6.59. The lowest BCUT2D eigenvalue weighted by molar-refractivity contribution is -0.116. The lowest BCUT2D eigenvalue weighted by atomic mass is 10.3. The van der Waals surface area contributed by atoms with E-state index in [1.807, 2.05) is 11.5 Å². The molecule has 2 aromatic rings. The van der Waals surface area contributed by atoms with E-state index in [0.717, 1.165) is 12.4 Å². The molecule has 0 saturated carbocycles. The van der Waals surface area contributed by atoms with Crippen molar-refractivity contribution in [2.45, 2.75) is 19.9 Å². The van der Waals surface area contributed by atoms with Crippen LogP contribution in [0.3, 0.4) is 0 Å². The van der Waals surface area contributed by atoms with Gasteiger partial charge in [-0.3, -0.25) is 4.79 Å². The van der Waals surface area contributed by atoms with Crippen LogP contribution in [0.2, 0.25) is 0 Å². The topological polar surface area (TPSA) is 112 Å². The van der Waals surface area contributed by atoms with Crippen molar-refractivity contribution in [1.29, 1.82) is 0 Å². The van der Waals surface area contributed by atoms with Crippen LogP contribution in [-0.2, 0) is 17.8 Å². The number of carbonyl (C=O) groups excluding carboxylic acids is 1. The Balaban J connectivity index is 1.78. The predicted octanol–water partition coefficient (Wildman–Crippen LogP) is 0.0423. The van der Waals surface area contributed by atoms with E-state index in [1.54, 1.807) is 24.8 Å². The highest BCUT2D eigenvalue weighted by Gasteiger charge is 2.03. The molecule has 0 saturated heterocycles. The summed E-state index contributed by atoms with van der Waals surface area (Å²) < 4.78 is 1.94. The number of hydrogen-bond donors (Lipinski definition) is 2. The Morgan fingerprint density at radius 1 is 1.43 bits per heavy atom. The molecule has 8 nitrogen and oxygen atoms in total. The number of nitrogen functional groups attached to an aromatic ring is 1. The van der Waals surface area contributed by atoms with Gasteiger partial charge >= 0.3 is 0 Å². The minimum atomic E-state index is -0.186. The molecular weight excluding hydrogens is 270 g/mol. The maximum absolute atomic E-state index is 11.7. The van der Waals surface area contributed by atoms with E-state index in [2.05, 4.69) is 25.5 Å². The number of carbonyl (C=O) groups is 1. The second-order valence-electron chi connectivity index (χ2n) is 4.28. The predicted molar refractivity (Wildman–Crippen MR) is 77.9 cm³/mol. The zero-order valence-electron chi connectivity index (χ0n) is 11.7. The quantitative estimate of drug-likeness (QED) is 0.726. The molecule has 0 aliphatic heterocycles. The highest BCUT2D eigenvalue weighted by atomic mass is 16.1. The summed E-state index contributed by atoms with van der Waals surface area (Å²) in [5, 5.41) is 10.6. The molecule has 21 heavy (non-hydrogen) atoms. The summed E-state index contributed by atoms with van der Waals surface area (Å²) in [5.74, 6) is 0.875. The molecule has 0 radical (unpaired) electrons. The first-order chi connectivity index (χ1) is 10.2. The number of nitrogens with zero attached hydrogens (tertiary/aromatic N) is 5. The summed E-state index contributed by atoms with van der Waals surface area (Å²) >= 11 is 0. The number of amides is 1. The lowest BCUT2D eigenvalue weighted by Gasteiger charge is -2.03. The summed E-state index contributed by atoms with van der Waals surface area (Å²) in [6, 6.07) is 0. The van der Waals surface area contributed by atoms with Crippen LogP contribution in [-0.4, -0.2) is 37.2 Å². The lowest BCUT2D eigenvalue weighted by Crippen LogP contribution is -2.24. The zero-order chi connectivity index (χ0) is 15.1. The van der Waals surface area contributed by atoms with Gasteiger partial charge in [0, 0.05) is 43.5 Å². The fraction of sp³-hybridized carbons (Fsp3) is 0.308. The van der Waals surface area contributed by atoms with Gasteiger partial charge in [-0.05, 0) is 13.0 Å². The maximum atomic E-state index is 11.7. The average Bonchev–Trinajstić information content (AvgIpc) is 2.94. The highest BCUT2D eigenvalue weighted by Crippen LogP contribution is 1.99. The maximum Gasteiger partial charge on any atom is 0.244 e. The molecule has 0 bridgehead atoms. The van der Waals surface area contributed by atoms with E-state index < -0.39 is 0 Å². The molecule has 0 aliphatic carbocycles. The molecule has 0 fully saturated rings. The van der Waals surface area contributed by atoms with Crippen molar-refractivity contribution < 1.29 is 4.79 Å². The van der Waals surface area contributed by atoms with Crippen molar-refractivity contribution in [1.82, 2.24) is 30.0 Å². The fourth-order valence-electron chi connectivity index (χ4n) is 1.70. The van der Waals surface area contributed by atoms with Crippen LogP contribution in [0.4, 0.5) is 5.95 Å². The summed E-state index contributed by atoms with van der Waals surface area (Å²) in [7, 11) is 0. The normalized spacial score (nSPS) is 10.9. The number of rotatable bonds is 6. The summed E-state index contributed by atoms with van der Waals surface area (Å²) in [5.41, 5.74) is 6.09.